The molecule has 3 heterocycles. The maximum Gasteiger partial charge on any atom is 0.355 e. The Morgan fingerprint density at radius 1 is 1.09 bits per heavy atom. The Labute approximate surface area is 204 Å². The van der Waals surface area contributed by atoms with E-state index in [2.05, 4.69) is 36.0 Å². The molecule has 2 aromatic heterocycles. The normalized spacial score (nSPS) is 16.3. The number of aromatic nitrogens is 3. The molecule has 35 heavy (non-hydrogen) atoms. The molecule has 1 fully saturated rings. The van der Waals surface area contributed by atoms with Gasteiger partial charge in [-0.15, -0.1) is 0 Å². The first-order valence-corrected chi connectivity index (χ1v) is 12.1. The second kappa shape index (κ2) is 9.23. The van der Waals surface area contributed by atoms with Gasteiger partial charge in [-0.3, -0.25) is 0 Å². The minimum atomic E-state index is -0.387. The summed E-state index contributed by atoms with van der Waals surface area (Å²) < 4.78 is 16.4. The molecule has 0 bridgehead atoms. The van der Waals surface area contributed by atoms with Gasteiger partial charge in [-0.05, 0) is 55.2 Å². The van der Waals surface area contributed by atoms with Crippen molar-refractivity contribution in [2.45, 2.75) is 39.7 Å². The van der Waals surface area contributed by atoms with Gasteiger partial charge in [0.25, 0.3) is 0 Å². The molecule has 1 N–H and O–H groups in total. The molecule has 1 atom stereocenters. The third-order valence-electron chi connectivity index (χ3n) is 6.74. The van der Waals surface area contributed by atoms with Crippen LogP contribution in [0.5, 0.6) is 0 Å². The number of fused-ring (bicyclic) bond motifs is 1. The van der Waals surface area contributed by atoms with Crippen molar-refractivity contribution in [3.05, 3.63) is 82.0 Å². The Bertz CT molecular complexity index is 1460. The number of nitrogens with one attached hydrogen (secondary N) is 1. The first-order valence-electron chi connectivity index (χ1n) is 12.1. The molecular weight excluding hydrogens is 441 g/mol. The van der Waals surface area contributed by atoms with Gasteiger partial charge in [-0.1, -0.05) is 44.2 Å². The molecule has 180 valence electrons. The number of hydrogen-bond donors (Lipinski definition) is 1. The highest BCUT2D eigenvalue weighted by molar-refractivity contribution is 5.91. The molecular formula is C28H30FN5O. The summed E-state index contributed by atoms with van der Waals surface area (Å²) in [6.07, 6.45) is 0. The van der Waals surface area contributed by atoms with E-state index in [1.165, 1.54) is 6.07 Å². The van der Waals surface area contributed by atoms with E-state index >= 15 is 0 Å². The van der Waals surface area contributed by atoms with E-state index in [0.717, 1.165) is 41.8 Å². The summed E-state index contributed by atoms with van der Waals surface area (Å²) in [5.41, 5.74) is 3.64. The van der Waals surface area contributed by atoms with Gasteiger partial charge >= 0.3 is 5.69 Å². The summed E-state index contributed by atoms with van der Waals surface area (Å²) in [5.74, 6) is 0.481. The maximum atomic E-state index is 14.8. The summed E-state index contributed by atoms with van der Waals surface area (Å²) in [6, 6.07) is 16.6. The second-order valence-electron chi connectivity index (χ2n) is 9.52. The fraction of sp³-hybridized carbons (Fsp3) is 0.321. The Kier molecular flexibility index (Phi) is 6.11. The highest BCUT2D eigenvalue weighted by atomic mass is 19.1. The topological polar surface area (TPSA) is 63.1 Å². The first-order chi connectivity index (χ1) is 16.9. The molecule has 4 aromatic rings. The summed E-state index contributed by atoms with van der Waals surface area (Å²) >= 11 is 0. The fourth-order valence-corrected chi connectivity index (χ4v) is 4.93. The van der Waals surface area contributed by atoms with Crippen LogP contribution in [0.3, 0.4) is 0 Å². The van der Waals surface area contributed by atoms with Crippen molar-refractivity contribution in [2.75, 3.05) is 24.5 Å². The lowest BCUT2D eigenvalue weighted by Crippen LogP contribution is -2.50. The number of para-hydroxylation sites is 1. The van der Waals surface area contributed by atoms with Gasteiger partial charge in [-0.25, -0.2) is 18.7 Å². The average Bonchev–Trinajstić information content (AvgIpc) is 2.84. The Morgan fingerprint density at radius 2 is 1.83 bits per heavy atom. The Hall–Kier alpha value is -3.58. The van der Waals surface area contributed by atoms with Crippen LogP contribution in [0.4, 0.5) is 10.2 Å². The van der Waals surface area contributed by atoms with Gasteiger partial charge in [0.05, 0.1) is 16.8 Å². The standard InChI is InChI=1S/C28H30FN5O/c1-17(2)20-9-6-8-12-24(20)34-27-22(26(32-28(34)35)33-14-13-30-16-19(33)4)15-18(3)25(31-27)21-10-5-7-11-23(21)29/h5-12,15,17,19,30H,13-14,16H2,1-4H3/t19-/m0/s1. The number of pyridine rings is 1. The molecule has 0 radical (unpaired) electrons. The van der Waals surface area contributed by atoms with Crippen molar-refractivity contribution in [1.82, 2.24) is 19.9 Å². The van der Waals surface area contributed by atoms with E-state index in [-0.39, 0.29) is 23.5 Å². The smallest absolute Gasteiger partial charge is 0.351 e. The van der Waals surface area contributed by atoms with Gasteiger partial charge in [0, 0.05) is 31.2 Å². The molecule has 0 aliphatic carbocycles. The molecule has 2 aromatic carbocycles. The van der Waals surface area contributed by atoms with E-state index in [1.54, 1.807) is 22.8 Å². The van der Waals surface area contributed by atoms with Crippen molar-refractivity contribution in [3.8, 4) is 16.9 Å². The van der Waals surface area contributed by atoms with E-state index in [0.29, 0.717) is 22.7 Å². The number of piperazine rings is 1. The van der Waals surface area contributed by atoms with Crippen molar-refractivity contribution < 1.29 is 4.39 Å². The van der Waals surface area contributed by atoms with Crippen LogP contribution in [-0.2, 0) is 0 Å². The number of rotatable bonds is 4. The van der Waals surface area contributed by atoms with Gasteiger partial charge < -0.3 is 10.2 Å². The zero-order valence-corrected chi connectivity index (χ0v) is 20.5. The molecule has 1 aliphatic heterocycles. The van der Waals surface area contributed by atoms with Gasteiger partial charge in [0.2, 0.25) is 0 Å². The third kappa shape index (κ3) is 4.10. The van der Waals surface area contributed by atoms with Crippen molar-refractivity contribution in [2.24, 2.45) is 0 Å². The van der Waals surface area contributed by atoms with E-state index < -0.39 is 0 Å². The van der Waals surface area contributed by atoms with Crippen molar-refractivity contribution in [1.29, 1.82) is 0 Å². The zero-order valence-electron chi connectivity index (χ0n) is 20.5. The molecule has 0 saturated carbocycles. The quantitative estimate of drug-likeness (QED) is 0.463. The summed E-state index contributed by atoms with van der Waals surface area (Å²) in [7, 11) is 0. The highest BCUT2D eigenvalue weighted by Gasteiger charge is 2.26. The van der Waals surface area contributed by atoms with Crippen LogP contribution in [-0.4, -0.2) is 40.2 Å². The molecule has 0 amide bonds. The predicted octanol–water partition coefficient (Wildman–Crippen LogP) is 4.82. The minimum Gasteiger partial charge on any atom is -0.351 e. The van der Waals surface area contributed by atoms with Crippen molar-refractivity contribution >= 4 is 16.9 Å². The van der Waals surface area contributed by atoms with Gasteiger partial charge in [0.15, 0.2) is 5.65 Å². The first kappa shape index (κ1) is 23.2. The van der Waals surface area contributed by atoms with Gasteiger partial charge in [0.1, 0.15) is 11.6 Å². The van der Waals surface area contributed by atoms with Gasteiger partial charge in [-0.2, -0.15) is 4.98 Å². The van der Waals surface area contributed by atoms with Crippen molar-refractivity contribution in [3.63, 3.8) is 0 Å². The SMILES string of the molecule is Cc1cc2c(N3CCNC[C@@H]3C)nc(=O)n(-c3ccccc3C(C)C)c2nc1-c1ccccc1F. The lowest BCUT2D eigenvalue weighted by molar-refractivity contribution is 0.497. The molecule has 0 unspecified atom stereocenters. The van der Waals surface area contributed by atoms with E-state index in [1.807, 2.05) is 37.3 Å². The average molecular weight is 472 g/mol. The number of anilines is 1. The largest absolute Gasteiger partial charge is 0.355 e. The summed E-state index contributed by atoms with van der Waals surface area (Å²) in [5, 5.41) is 4.18. The number of benzene rings is 2. The van der Waals surface area contributed by atoms with Crippen LogP contribution in [0.25, 0.3) is 28.0 Å². The Balaban J connectivity index is 1.88. The lowest BCUT2D eigenvalue weighted by atomic mass is 10.0. The lowest BCUT2D eigenvalue weighted by Gasteiger charge is -2.35. The predicted molar refractivity (Wildman–Crippen MR) is 139 cm³/mol. The molecule has 0 spiro atoms. The van der Waals surface area contributed by atoms with Crippen LogP contribution >= 0.6 is 0 Å². The van der Waals surface area contributed by atoms with Crippen LogP contribution in [0, 0.1) is 12.7 Å². The number of halogens is 1. The molecule has 7 heteroatoms. The fourth-order valence-electron chi connectivity index (χ4n) is 4.93. The Morgan fingerprint density at radius 3 is 2.57 bits per heavy atom. The maximum absolute atomic E-state index is 14.8. The number of nitrogens with zero attached hydrogens (tertiary/aromatic N) is 4. The van der Waals surface area contributed by atoms with Crippen LogP contribution in [0.1, 0.15) is 37.8 Å². The van der Waals surface area contributed by atoms with Crippen LogP contribution in [0.15, 0.2) is 59.4 Å². The van der Waals surface area contributed by atoms with Crippen LogP contribution < -0.4 is 15.9 Å². The second-order valence-corrected chi connectivity index (χ2v) is 9.52. The number of hydrogen-bond acceptors (Lipinski definition) is 5. The number of aryl methyl sites for hydroxylation is 1. The van der Waals surface area contributed by atoms with E-state index in [4.69, 9.17) is 4.98 Å². The molecule has 1 aliphatic rings. The zero-order chi connectivity index (χ0) is 24.7. The molecule has 5 rings (SSSR count). The summed E-state index contributed by atoms with van der Waals surface area (Å²) in [4.78, 5) is 25.4. The monoisotopic (exact) mass is 471 g/mol. The van der Waals surface area contributed by atoms with E-state index in [9.17, 15) is 9.18 Å². The highest BCUT2D eigenvalue weighted by Crippen LogP contribution is 2.33. The molecule has 6 nitrogen and oxygen atoms in total. The minimum absolute atomic E-state index is 0.171. The third-order valence-corrected chi connectivity index (χ3v) is 6.74. The van der Waals surface area contributed by atoms with Crippen LogP contribution in [0.2, 0.25) is 0 Å². The molecule has 1 saturated heterocycles. The summed E-state index contributed by atoms with van der Waals surface area (Å²) in [6.45, 7) is 10.6.